The van der Waals surface area contributed by atoms with Gasteiger partial charge in [0.1, 0.15) is 5.15 Å². The van der Waals surface area contributed by atoms with Crippen molar-refractivity contribution in [3.05, 3.63) is 92.1 Å². The molecule has 14 nitrogen and oxygen atoms in total. The average Bonchev–Trinajstić information content (AvgIpc) is 3.83. The molecule has 1 aliphatic rings. The van der Waals surface area contributed by atoms with E-state index in [4.69, 9.17) is 20.9 Å². The summed E-state index contributed by atoms with van der Waals surface area (Å²) in [7, 11) is -0.844. The Labute approximate surface area is 364 Å². The van der Waals surface area contributed by atoms with Gasteiger partial charge in [-0.25, -0.2) is 18.7 Å². The Hall–Kier alpha value is -5.71. The van der Waals surface area contributed by atoms with E-state index in [1.54, 1.807) is 0 Å². The first kappa shape index (κ1) is 55.4. The van der Waals surface area contributed by atoms with Crippen molar-refractivity contribution in [3.63, 3.8) is 0 Å². The second-order valence-electron chi connectivity index (χ2n) is 13.4. The fraction of sp³-hybridized carbons (Fsp3) is 0.371. The van der Waals surface area contributed by atoms with Crippen molar-refractivity contribution in [1.29, 1.82) is 0 Å². The number of halogens is 15. The van der Waals surface area contributed by atoms with E-state index in [9.17, 15) is 61.5 Å². The zero-order valence-electron chi connectivity index (χ0n) is 33.4. The Bertz CT molecular complexity index is 2520. The molecule has 0 bridgehead atoms. The standard InChI is InChI=1S/C13H16BF4NO3.C13H6F7N5O.C6H2ClF3N4.CH4.2CH3/c1-11(2)12(3,4)22-14(21-11)8-5-9(15)10(19-6-8)20-7-13(16,17)18;14-7-3-6(4-21-10(7)26-5-12(15,16)17)8-1-2-9-22-23-11(13(18,19)20)25(9)24-8;7-3-1-2-4-11-12-5(6(8,9)10)14(4)13-3;;;/h5-6H,7H2,1-4H3;1-4H,5H2;1-2H;1H4;2*1H3/q;;;;2*-1. The molecule has 6 aromatic heterocycles. The molecule has 0 aliphatic carbocycles. The molecule has 1 aliphatic heterocycles. The Morgan fingerprint density at radius 2 is 1.06 bits per heavy atom. The maximum atomic E-state index is 13.8. The van der Waals surface area contributed by atoms with E-state index < -0.39 is 91.3 Å². The number of aromatic nitrogens is 10. The number of alkyl halides is 12. The predicted molar refractivity (Wildman–Crippen MR) is 202 cm³/mol. The number of hydrogen-bond donors (Lipinski definition) is 0. The third kappa shape index (κ3) is 13.9. The van der Waals surface area contributed by atoms with Crippen molar-refractivity contribution in [2.75, 3.05) is 13.2 Å². The Balaban J connectivity index is 0.000000340. The fourth-order valence-electron chi connectivity index (χ4n) is 4.69. The van der Waals surface area contributed by atoms with Crippen LogP contribution in [-0.2, 0) is 21.7 Å². The summed E-state index contributed by atoms with van der Waals surface area (Å²) in [4.78, 5) is 6.96. The molecule has 7 rings (SSSR count). The summed E-state index contributed by atoms with van der Waals surface area (Å²) in [5, 5.41) is 19.6. The Kier molecular flexibility index (Phi) is 17.2. The Morgan fingerprint density at radius 3 is 1.49 bits per heavy atom. The smallest absolute Gasteiger partial charge is 0.466 e. The van der Waals surface area contributed by atoms with Crippen molar-refractivity contribution in [2.45, 2.75) is 71.0 Å². The van der Waals surface area contributed by atoms with Crippen LogP contribution in [0.4, 0.5) is 61.5 Å². The van der Waals surface area contributed by atoms with Gasteiger partial charge in [-0.2, -0.15) is 71.9 Å². The molecule has 1 saturated heterocycles. The molecule has 0 spiro atoms. The number of pyridine rings is 2. The van der Waals surface area contributed by atoms with Crippen molar-refractivity contribution in [1.82, 2.24) is 49.6 Å². The van der Waals surface area contributed by atoms with E-state index >= 15 is 0 Å². The van der Waals surface area contributed by atoms with Crippen LogP contribution in [0.5, 0.6) is 11.8 Å². The summed E-state index contributed by atoms with van der Waals surface area (Å²) < 4.78 is 196. The minimum absolute atomic E-state index is 0. The summed E-state index contributed by atoms with van der Waals surface area (Å²) in [6.45, 7) is 3.98. The summed E-state index contributed by atoms with van der Waals surface area (Å²) in [5.74, 6) is -6.40. The molecule has 65 heavy (non-hydrogen) atoms. The van der Waals surface area contributed by atoms with Crippen molar-refractivity contribution >= 4 is 35.5 Å². The SMILES string of the molecule is C.CC1(C)OB(c2cnc(OCC(F)(F)F)c(F)c2)OC1(C)C.FC(F)(F)c1nnc2ccc(Cl)nn12.Fc1cc(-c2ccc3nnc(C(F)(F)F)n3n2)cnc1OCC(F)(F)F.[CH3-].[CH3-]. The van der Waals surface area contributed by atoms with E-state index in [0.717, 1.165) is 24.4 Å². The Morgan fingerprint density at radius 1 is 0.631 bits per heavy atom. The van der Waals surface area contributed by atoms with Crippen LogP contribution in [0.3, 0.4) is 0 Å². The van der Waals surface area contributed by atoms with Crippen molar-refractivity contribution < 1.29 is 80.2 Å². The number of ether oxygens (including phenoxy) is 2. The molecule has 0 saturated carbocycles. The van der Waals surface area contributed by atoms with Crippen LogP contribution >= 0.6 is 11.6 Å². The second-order valence-corrected chi connectivity index (χ2v) is 13.8. The molecule has 6 aromatic rings. The zero-order valence-corrected chi connectivity index (χ0v) is 34.1. The molecule has 1 fully saturated rings. The van der Waals surface area contributed by atoms with Crippen LogP contribution < -0.4 is 14.9 Å². The number of hydrogen-bond acceptors (Lipinski definition) is 12. The molecule has 0 radical (unpaired) electrons. The van der Waals surface area contributed by atoms with Gasteiger partial charge < -0.3 is 33.6 Å². The molecule has 0 atom stereocenters. The van der Waals surface area contributed by atoms with E-state index in [-0.39, 0.29) is 55.4 Å². The maximum Gasteiger partial charge on any atom is 0.496 e. The molecule has 0 N–H and O–H groups in total. The molecule has 30 heteroatoms. The van der Waals surface area contributed by atoms with E-state index in [2.05, 4.69) is 50.0 Å². The summed E-state index contributed by atoms with van der Waals surface area (Å²) in [6, 6.07) is 6.78. The molecule has 0 amide bonds. The molecule has 358 valence electrons. The number of fused-ring (bicyclic) bond motifs is 2. The van der Waals surface area contributed by atoms with Gasteiger partial charge in [-0.1, -0.05) is 19.0 Å². The van der Waals surface area contributed by atoms with Gasteiger partial charge in [0, 0.05) is 23.4 Å². The highest BCUT2D eigenvalue weighted by molar-refractivity contribution is 6.62. The normalized spacial score (nSPS) is 14.5. The largest absolute Gasteiger partial charge is 0.496 e. The van der Waals surface area contributed by atoms with Gasteiger partial charge in [0.05, 0.1) is 16.9 Å². The fourth-order valence-corrected chi connectivity index (χ4v) is 4.83. The first-order valence-corrected chi connectivity index (χ1v) is 17.1. The summed E-state index contributed by atoms with van der Waals surface area (Å²) in [6.07, 6.45) is -16.5. The average molecular weight is 971 g/mol. The van der Waals surface area contributed by atoms with Gasteiger partial charge in [0.2, 0.25) is 0 Å². The van der Waals surface area contributed by atoms with Gasteiger partial charge in [0.15, 0.2) is 36.1 Å². The van der Waals surface area contributed by atoms with Crippen molar-refractivity contribution in [3.8, 4) is 23.0 Å². The minimum atomic E-state index is -4.82. The number of rotatable bonds is 6. The summed E-state index contributed by atoms with van der Waals surface area (Å²) >= 11 is 5.44. The van der Waals surface area contributed by atoms with Crippen molar-refractivity contribution in [2.24, 2.45) is 0 Å². The lowest BCUT2D eigenvalue weighted by molar-refractivity contribution is -0.155. The van der Waals surface area contributed by atoms with Gasteiger partial charge in [-0.3, -0.25) is 0 Å². The predicted octanol–water partition coefficient (Wildman–Crippen LogP) is 9.08. The van der Waals surface area contributed by atoms with Crippen LogP contribution in [0.15, 0.2) is 48.8 Å². The summed E-state index contributed by atoms with van der Waals surface area (Å²) in [5.41, 5.74) is -1.35. The van der Waals surface area contributed by atoms with Crippen LogP contribution in [0.25, 0.3) is 22.6 Å². The van der Waals surface area contributed by atoms with Crippen LogP contribution in [0.2, 0.25) is 5.15 Å². The number of nitrogens with zero attached hydrogens (tertiary/aromatic N) is 10. The molecule has 0 aromatic carbocycles. The molecule has 7 heterocycles. The molecule has 0 unspecified atom stereocenters. The minimum Gasteiger partial charge on any atom is -0.466 e. The lowest BCUT2D eigenvalue weighted by Crippen LogP contribution is -2.41. The molecular formula is C35H34BClF14N10O4-2. The van der Waals surface area contributed by atoms with E-state index in [1.165, 1.54) is 24.4 Å². The van der Waals surface area contributed by atoms with Crippen LogP contribution in [0.1, 0.15) is 46.8 Å². The topological polar surface area (TPSA) is 149 Å². The van der Waals surface area contributed by atoms with Gasteiger partial charge >= 0.3 is 31.8 Å². The third-order valence-corrected chi connectivity index (χ3v) is 8.40. The third-order valence-electron chi connectivity index (χ3n) is 8.20. The first-order valence-electron chi connectivity index (χ1n) is 16.7. The van der Waals surface area contributed by atoms with Gasteiger partial charge in [-0.05, 0) is 64.1 Å². The lowest BCUT2D eigenvalue weighted by Gasteiger charge is -2.32. The first-order chi connectivity index (χ1) is 28.4. The van der Waals surface area contributed by atoms with Crippen LogP contribution in [-0.4, -0.2) is 93.5 Å². The highest BCUT2D eigenvalue weighted by Gasteiger charge is 2.52. The van der Waals surface area contributed by atoms with Gasteiger partial charge in [-0.15, -0.1) is 20.4 Å². The lowest BCUT2D eigenvalue weighted by atomic mass is 9.80. The highest BCUT2D eigenvalue weighted by atomic mass is 35.5. The zero-order chi connectivity index (χ0) is 46.2. The quantitative estimate of drug-likeness (QED) is 0.0891. The van der Waals surface area contributed by atoms with Crippen LogP contribution in [0, 0.1) is 26.5 Å². The monoisotopic (exact) mass is 970 g/mol. The second kappa shape index (κ2) is 20.2. The van der Waals surface area contributed by atoms with Gasteiger partial charge in [0.25, 0.3) is 23.4 Å². The van der Waals surface area contributed by atoms with E-state index in [0.29, 0.717) is 9.03 Å². The van der Waals surface area contributed by atoms with E-state index in [1.807, 2.05) is 27.7 Å². The molecular weight excluding hydrogens is 937 g/mol. The maximum absolute atomic E-state index is 13.8. The highest BCUT2D eigenvalue weighted by Crippen LogP contribution is 2.37.